The van der Waals surface area contributed by atoms with E-state index in [1.807, 2.05) is 0 Å². The van der Waals surface area contributed by atoms with Crippen LogP contribution in [0.2, 0.25) is 0 Å². The maximum Gasteiger partial charge on any atom is 0.251 e. The Morgan fingerprint density at radius 2 is 1.82 bits per heavy atom. The van der Waals surface area contributed by atoms with E-state index in [0.29, 0.717) is 34.7 Å². The molecule has 28 heavy (non-hydrogen) atoms. The molecule has 1 amide bonds. The standard InChI is InChI=1S/C22H25N3O3/c1-14-21(16-8-11-25(14)12-9-16)24-22(27)17-3-5-18(6-4-17)28-19-7-10-23-20(13-19)15(2)26/h3-7,10,13-14,16,21H,8-9,11-12H2,1-2H3,(H,24,27)/t14-,21+/m1/s1. The Morgan fingerprint density at radius 1 is 1.11 bits per heavy atom. The SMILES string of the molecule is CC(=O)c1cc(Oc2ccc(C(=O)N[C@@H]3C4CCN(CC4)[C@@H]3C)cc2)ccn1. The highest BCUT2D eigenvalue weighted by molar-refractivity contribution is 5.94. The number of hydrogen-bond donors (Lipinski definition) is 1. The second-order valence-electron chi connectivity index (χ2n) is 7.67. The van der Waals surface area contributed by atoms with Gasteiger partial charge in [0.25, 0.3) is 5.91 Å². The lowest BCUT2D eigenvalue weighted by molar-refractivity contribution is 0.0217. The number of ketones is 1. The molecule has 2 aromatic rings. The highest BCUT2D eigenvalue weighted by atomic mass is 16.5. The van der Waals surface area contributed by atoms with Crippen molar-refractivity contribution in [3.05, 3.63) is 53.9 Å². The molecule has 1 N–H and O–H groups in total. The quantitative estimate of drug-likeness (QED) is 0.807. The number of pyridine rings is 1. The molecule has 1 aromatic carbocycles. The Kier molecular flexibility index (Phi) is 5.13. The molecule has 5 rings (SSSR count). The summed E-state index contributed by atoms with van der Waals surface area (Å²) in [5.74, 6) is 1.57. The predicted octanol–water partition coefficient (Wildman–Crippen LogP) is 3.29. The van der Waals surface area contributed by atoms with E-state index in [2.05, 4.69) is 22.1 Å². The van der Waals surface area contributed by atoms with Crippen LogP contribution in [0.4, 0.5) is 0 Å². The Morgan fingerprint density at radius 3 is 2.46 bits per heavy atom. The van der Waals surface area contributed by atoms with Gasteiger partial charge < -0.3 is 10.1 Å². The van der Waals surface area contributed by atoms with Crippen LogP contribution in [-0.2, 0) is 0 Å². The summed E-state index contributed by atoms with van der Waals surface area (Å²) in [6.07, 6.45) is 3.87. The van der Waals surface area contributed by atoms with E-state index in [9.17, 15) is 9.59 Å². The van der Waals surface area contributed by atoms with Crippen LogP contribution in [0.3, 0.4) is 0 Å². The van der Waals surface area contributed by atoms with Crippen LogP contribution in [0.15, 0.2) is 42.6 Å². The lowest BCUT2D eigenvalue weighted by Gasteiger charge is -2.49. The molecule has 6 nitrogen and oxygen atoms in total. The van der Waals surface area contributed by atoms with E-state index in [-0.39, 0.29) is 17.7 Å². The second kappa shape index (κ2) is 7.72. The van der Waals surface area contributed by atoms with Gasteiger partial charge in [-0.25, -0.2) is 0 Å². The van der Waals surface area contributed by atoms with Crippen molar-refractivity contribution < 1.29 is 14.3 Å². The van der Waals surface area contributed by atoms with E-state index in [4.69, 9.17) is 4.74 Å². The molecule has 0 unspecified atom stereocenters. The highest BCUT2D eigenvalue weighted by Gasteiger charge is 2.40. The van der Waals surface area contributed by atoms with Crippen molar-refractivity contribution in [1.29, 1.82) is 0 Å². The Hall–Kier alpha value is -2.73. The fraction of sp³-hybridized carbons (Fsp3) is 0.409. The number of hydrogen-bond acceptors (Lipinski definition) is 5. The van der Waals surface area contributed by atoms with Crippen molar-refractivity contribution in [3.8, 4) is 11.5 Å². The maximum absolute atomic E-state index is 12.7. The first kappa shape index (κ1) is 18.6. The minimum Gasteiger partial charge on any atom is -0.457 e. The minimum absolute atomic E-state index is 0.0417. The number of aromatic nitrogens is 1. The second-order valence-corrected chi connectivity index (χ2v) is 7.67. The summed E-state index contributed by atoms with van der Waals surface area (Å²) in [6.45, 7) is 5.96. The third-order valence-electron chi connectivity index (χ3n) is 5.92. The molecule has 6 heteroatoms. The number of piperidine rings is 3. The molecule has 3 aliphatic rings. The lowest BCUT2D eigenvalue weighted by atomic mass is 9.79. The van der Waals surface area contributed by atoms with Crippen molar-refractivity contribution in [2.24, 2.45) is 5.92 Å². The third-order valence-corrected chi connectivity index (χ3v) is 5.92. The highest BCUT2D eigenvalue weighted by Crippen LogP contribution is 2.32. The first-order chi connectivity index (χ1) is 13.5. The zero-order chi connectivity index (χ0) is 19.7. The number of nitrogens with one attached hydrogen (secondary N) is 1. The molecule has 2 bridgehead atoms. The molecule has 0 saturated carbocycles. The van der Waals surface area contributed by atoms with Gasteiger partial charge in [-0.3, -0.25) is 19.5 Å². The zero-order valence-electron chi connectivity index (χ0n) is 16.2. The summed E-state index contributed by atoms with van der Waals surface area (Å²) in [4.78, 5) is 30.6. The van der Waals surface area contributed by atoms with E-state index in [1.54, 1.807) is 42.6 Å². The number of fused-ring (bicyclic) bond motifs is 3. The molecule has 146 valence electrons. The predicted molar refractivity (Wildman–Crippen MR) is 106 cm³/mol. The molecule has 3 saturated heterocycles. The number of carbonyl (C=O) groups is 2. The van der Waals surface area contributed by atoms with Crippen LogP contribution < -0.4 is 10.1 Å². The first-order valence-corrected chi connectivity index (χ1v) is 9.81. The fourth-order valence-corrected chi connectivity index (χ4v) is 4.26. The van der Waals surface area contributed by atoms with Crippen molar-refractivity contribution in [2.45, 2.75) is 38.8 Å². The van der Waals surface area contributed by atoms with Gasteiger partial charge in [0.2, 0.25) is 0 Å². The topological polar surface area (TPSA) is 71.5 Å². The van der Waals surface area contributed by atoms with Gasteiger partial charge in [0, 0.05) is 36.8 Å². The summed E-state index contributed by atoms with van der Waals surface area (Å²) < 4.78 is 5.78. The van der Waals surface area contributed by atoms with Gasteiger partial charge in [-0.1, -0.05) is 0 Å². The number of rotatable bonds is 5. The Labute approximate surface area is 164 Å². The van der Waals surface area contributed by atoms with Crippen LogP contribution in [0.1, 0.15) is 47.5 Å². The molecule has 2 atom stereocenters. The zero-order valence-corrected chi connectivity index (χ0v) is 16.2. The van der Waals surface area contributed by atoms with E-state index < -0.39 is 0 Å². The van der Waals surface area contributed by atoms with Gasteiger partial charge in [0.1, 0.15) is 17.2 Å². The van der Waals surface area contributed by atoms with Crippen molar-refractivity contribution in [1.82, 2.24) is 15.2 Å². The van der Waals surface area contributed by atoms with Crippen LogP contribution in [0.5, 0.6) is 11.5 Å². The molecule has 3 aliphatic heterocycles. The lowest BCUT2D eigenvalue weighted by Crippen LogP contribution is -2.62. The smallest absolute Gasteiger partial charge is 0.251 e. The average Bonchev–Trinajstić information content (AvgIpc) is 2.71. The molecule has 4 heterocycles. The summed E-state index contributed by atoms with van der Waals surface area (Å²) >= 11 is 0. The van der Waals surface area contributed by atoms with Gasteiger partial charge in [-0.15, -0.1) is 0 Å². The number of benzene rings is 1. The van der Waals surface area contributed by atoms with Crippen LogP contribution in [-0.4, -0.2) is 46.7 Å². The maximum atomic E-state index is 12.7. The normalized spacial score (nSPS) is 25.9. The Bertz CT molecular complexity index is 871. The molecule has 0 aliphatic carbocycles. The van der Waals surface area contributed by atoms with Gasteiger partial charge in [-0.2, -0.15) is 0 Å². The van der Waals surface area contributed by atoms with E-state index in [0.717, 1.165) is 25.9 Å². The minimum atomic E-state index is -0.112. The molecular formula is C22H25N3O3. The number of nitrogens with zero attached hydrogens (tertiary/aromatic N) is 2. The van der Waals surface area contributed by atoms with Crippen LogP contribution in [0.25, 0.3) is 0 Å². The Balaban J connectivity index is 1.41. The van der Waals surface area contributed by atoms with Gasteiger partial charge >= 0.3 is 0 Å². The summed E-state index contributed by atoms with van der Waals surface area (Å²) in [7, 11) is 0. The number of ether oxygens (including phenoxy) is 1. The summed E-state index contributed by atoms with van der Waals surface area (Å²) in [5.41, 5.74) is 0.982. The summed E-state index contributed by atoms with van der Waals surface area (Å²) in [6, 6.07) is 11.0. The fourth-order valence-electron chi connectivity index (χ4n) is 4.26. The molecule has 0 radical (unpaired) electrons. The number of amides is 1. The average molecular weight is 379 g/mol. The third kappa shape index (κ3) is 3.78. The van der Waals surface area contributed by atoms with Crippen molar-refractivity contribution in [2.75, 3.05) is 13.1 Å². The van der Waals surface area contributed by atoms with Crippen molar-refractivity contribution in [3.63, 3.8) is 0 Å². The molecular weight excluding hydrogens is 354 g/mol. The molecule has 3 fully saturated rings. The summed E-state index contributed by atoms with van der Waals surface area (Å²) in [5, 5.41) is 3.24. The van der Waals surface area contributed by atoms with Crippen molar-refractivity contribution >= 4 is 11.7 Å². The van der Waals surface area contributed by atoms with Gasteiger partial charge in [-0.05, 0) is 69.1 Å². The van der Waals surface area contributed by atoms with Gasteiger partial charge in [0.15, 0.2) is 5.78 Å². The van der Waals surface area contributed by atoms with Crippen LogP contribution >= 0.6 is 0 Å². The molecule has 0 spiro atoms. The number of Topliss-reactive ketones (excluding diaryl/α,β-unsaturated/α-hetero) is 1. The molecule has 1 aromatic heterocycles. The van der Waals surface area contributed by atoms with Gasteiger partial charge in [0.05, 0.1) is 0 Å². The largest absolute Gasteiger partial charge is 0.457 e. The van der Waals surface area contributed by atoms with Crippen LogP contribution in [0, 0.1) is 5.92 Å². The first-order valence-electron chi connectivity index (χ1n) is 9.81. The van der Waals surface area contributed by atoms with E-state index in [1.165, 1.54) is 6.92 Å². The number of carbonyl (C=O) groups excluding carboxylic acids is 2. The monoisotopic (exact) mass is 379 g/mol. The van der Waals surface area contributed by atoms with E-state index >= 15 is 0 Å².